The number of hydrogen-bond donors (Lipinski definition) is 1. The summed E-state index contributed by atoms with van der Waals surface area (Å²) in [4.78, 5) is 23.8. The van der Waals surface area contributed by atoms with Crippen molar-refractivity contribution in [1.82, 2.24) is 5.32 Å². The first-order valence-electron chi connectivity index (χ1n) is 9.88. The van der Waals surface area contributed by atoms with Crippen molar-refractivity contribution in [3.8, 4) is 11.5 Å². The third-order valence-electron chi connectivity index (χ3n) is 4.18. The summed E-state index contributed by atoms with van der Waals surface area (Å²) in [6.07, 6.45) is 0.787. The summed E-state index contributed by atoms with van der Waals surface area (Å²) in [6, 6.07) is 13.4. The normalized spacial score (nSPS) is 10.3. The molecule has 0 saturated carbocycles. The Morgan fingerprint density at radius 3 is 2.24 bits per heavy atom. The number of carbonyl (C=O) groups is 2. The van der Waals surface area contributed by atoms with E-state index in [-0.39, 0.29) is 18.9 Å². The lowest BCUT2D eigenvalue weighted by Crippen LogP contribution is -2.30. The van der Waals surface area contributed by atoms with Gasteiger partial charge in [-0.1, -0.05) is 35.9 Å². The molecule has 0 atom stereocenters. The molecule has 1 amide bonds. The van der Waals surface area contributed by atoms with E-state index in [1.54, 1.807) is 0 Å². The lowest BCUT2D eigenvalue weighted by molar-refractivity contribution is -0.147. The van der Waals surface area contributed by atoms with Gasteiger partial charge >= 0.3 is 5.97 Å². The van der Waals surface area contributed by atoms with Gasteiger partial charge in [-0.05, 0) is 50.5 Å². The minimum atomic E-state index is -0.420. The van der Waals surface area contributed by atoms with Crippen LogP contribution in [0.25, 0.3) is 0 Å². The molecule has 0 spiro atoms. The molecule has 6 heteroatoms. The highest BCUT2D eigenvalue weighted by Gasteiger charge is 2.09. The molecule has 0 heterocycles. The van der Waals surface area contributed by atoms with Crippen LogP contribution in [0, 0.1) is 6.92 Å². The van der Waals surface area contributed by atoms with E-state index in [4.69, 9.17) is 14.2 Å². The Kier molecular flexibility index (Phi) is 9.02. The summed E-state index contributed by atoms with van der Waals surface area (Å²) < 4.78 is 16.2. The maximum Gasteiger partial charge on any atom is 0.310 e. The Labute approximate surface area is 172 Å². The molecular weight excluding hydrogens is 370 g/mol. The Balaban J connectivity index is 1.73. The predicted octanol–water partition coefficient (Wildman–Crippen LogP) is 3.24. The van der Waals surface area contributed by atoms with E-state index in [0.29, 0.717) is 37.7 Å². The summed E-state index contributed by atoms with van der Waals surface area (Å²) >= 11 is 0. The van der Waals surface area contributed by atoms with E-state index in [2.05, 4.69) is 5.32 Å². The van der Waals surface area contributed by atoms with Crippen LogP contribution in [0.5, 0.6) is 11.5 Å². The van der Waals surface area contributed by atoms with Crippen molar-refractivity contribution >= 4 is 11.9 Å². The summed E-state index contributed by atoms with van der Waals surface area (Å²) in [5.74, 6) is 0.668. The smallest absolute Gasteiger partial charge is 0.310 e. The third-order valence-corrected chi connectivity index (χ3v) is 4.18. The number of aryl methyl sites for hydroxylation is 1. The maximum absolute atomic E-state index is 11.9. The van der Waals surface area contributed by atoms with Gasteiger partial charge < -0.3 is 19.5 Å². The quantitative estimate of drug-likeness (QED) is 0.587. The summed E-state index contributed by atoms with van der Waals surface area (Å²) in [6.45, 7) is 7.10. The van der Waals surface area contributed by atoms with Gasteiger partial charge in [0.1, 0.15) is 0 Å². The van der Waals surface area contributed by atoms with Gasteiger partial charge in [-0.3, -0.25) is 9.59 Å². The minimum Gasteiger partial charge on any atom is -0.490 e. The average Bonchev–Trinajstić information content (AvgIpc) is 2.70. The molecule has 1 N–H and O–H groups in total. The van der Waals surface area contributed by atoms with Gasteiger partial charge in [-0.2, -0.15) is 0 Å². The standard InChI is InChI=1S/C23H29NO5/c1-4-27-20-11-10-19(14-21(20)28-5-2)12-13-24-22(25)16-29-23(26)15-18-8-6-17(3)7-9-18/h6-11,14H,4-5,12-13,15-16H2,1-3H3,(H,24,25). The molecule has 0 aromatic heterocycles. The highest BCUT2D eigenvalue weighted by molar-refractivity contribution is 5.81. The molecule has 2 rings (SSSR count). The van der Waals surface area contributed by atoms with Gasteiger partial charge in [0, 0.05) is 6.54 Å². The van der Waals surface area contributed by atoms with E-state index >= 15 is 0 Å². The summed E-state index contributed by atoms with van der Waals surface area (Å²) in [7, 11) is 0. The van der Waals surface area contributed by atoms with Crippen LogP contribution in [0.1, 0.15) is 30.5 Å². The summed E-state index contributed by atoms with van der Waals surface area (Å²) in [5, 5.41) is 2.76. The average molecular weight is 399 g/mol. The zero-order valence-corrected chi connectivity index (χ0v) is 17.3. The molecule has 156 valence electrons. The lowest BCUT2D eigenvalue weighted by Gasteiger charge is -2.12. The van der Waals surface area contributed by atoms with E-state index in [9.17, 15) is 9.59 Å². The molecule has 0 aliphatic carbocycles. The molecule has 0 saturated heterocycles. The van der Waals surface area contributed by atoms with Crippen LogP contribution >= 0.6 is 0 Å². The predicted molar refractivity (Wildman–Crippen MR) is 111 cm³/mol. The van der Waals surface area contributed by atoms with Crippen molar-refractivity contribution in [3.63, 3.8) is 0 Å². The van der Waals surface area contributed by atoms with Gasteiger partial charge in [0.05, 0.1) is 19.6 Å². The van der Waals surface area contributed by atoms with Crippen LogP contribution in [-0.4, -0.2) is 38.2 Å². The van der Waals surface area contributed by atoms with Crippen molar-refractivity contribution < 1.29 is 23.8 Å². The molecule has 0 aliphatic heterocycles. The third kappa shape index (κ3) is 7.86. The van der Waals surface area contributed by atoms with Gasteiger partial charge in [-0.15, -0.1) is 0 Å². The Hall–Kier alpha value is -3.02. The van der Waals surface area contributed by atoms with Gasteiger partial charge in [0.15, 0.2) is 18.1 Å². The number of nitrogens with one attached hydrogen (secondary N) is 1. The van der Waals surface area contributed by atoms with Crippen LogP contribution in [-0.2, 0) is 27.2 Å². The Morgan fingerprint density at radius 2 is 1.55 bits per heavy atom. The van der Waals surface area contributed by atoms with E-state index in [1.165, 1.54) is 0 Å². The fourth-order valence-electron chi connectivity index (χ4n) is 2.72. The fourth-order valence-corrected chi connectivity index (χ4v) is 2.72. The molecule has 0 aliphatic rings. The van der Waals surface area contributed by atoms with Gasteiger partial charge in [-0.25, -0.2) is 0 Å². The van der Waals surface area contributed by atoms with Crippen LogP contribution < -0.4 is 14.8 Å². The Bertz CT molecular complexity index is 801. The molecule has 2 aromatic rings. The molecular formula is C23H29NO5. The monoisotopic (exact) mass is 399 g/mol. The SMILES string of the molecule is CCOc1ccc(CCNC(=O)COC(=O)Cc2ccc(C)cc2)cc1OCC. The fraction of sp³-hybridized carbons (Fsp3) is 0.391. The van der Waals surface area contributed by atoms with Crippen molar-refractivity contribution in [2.75, 3.05) is 26.4 Å². The Morgan fingerprint density at radius 1 is 0.897 bits per heavy atom. The molecule has 0 radical (unpaired) electrons. The van der Waals surface area contributed by atoms with Gasteiger partial charge in [0.25, 0.3) is 5.91 Å². The number of carbonyl (C=O) groups excluding carboxylic acids is 2. The van der Waals surface area contributed by atoms with E-state index in [0.717, 1.165) is 16.7 Å². The molecule has 2 aromatic carbocycles. The zero-order chi connectivity index (χ0) is 21.1. The van der Waals surface area contributed by atoms with Gasteiger partial charge in [0.2, 0.25) is 0 Å². The van der Waals surface area contributed by atoms with E-state index < -0.39 is 5.97 Å². The first-order chi connectivity index (χ1) is 14.0. The second-order valence-electron chi connectivity index (χ2n) is 6.57. The number of amides is 1. The molecule has 0 bridgehead atoms. The largest absolute Gasteiger partial charge is 0.490 e. The second kappa shape index (κ2) is 11.7. The molecule has 0 fully saturated rings. The van der Waals surface area contributed by atoms with Crippen molar-refractivity contribution in [2.45, 2.75) is 33.6 Å². The number of esters is 1. The lowest BCUT2D eigenvalue weighted by atomic mass is 10.1. The molecule has 6 nitrogen and oxygen atoms in total. The number of rotatable bonds is 11. The van der Waals surface area contributed by atoms with Crippen LogP contribution in [0.15, 0.2) is 42.5 Å². The van der Waals surface area contributed by atoms with Crippen LogP contribution in [0.4, 0.5) is 0 Å². The van der Waals surface area contributed by atoms with E-state index in [1.807, 2.05) is 63.2 Å². The minimum absolute atomic E-state index is 0.153. The number of hydrogen-bond acceptors (Lipinski definition) is 5. The molecule has 29 heavy (non-hydrogen) atoms. The van der Waals surface area contributed by atoms with Crippen LogP contribution in [0.2, 0.25) is 0 Å². The van der Waals surface area contributed by atoms with Crippen molar-refractivity contribution in [2.24, 2.45) is 0 Å². The maximum atomic E-state index is 11.9. The van der Waals surface area contributed by atoms with Crippen LogP contribution in [0.3, 0.4) is 0 Å². The number of benzene rings is 2. The summed E-state index contributed by atoms with van der Waals surface area (Å²) in [5.41, 5.74) is 3.01. The first-order valence-corrected chi connectivity index (χ1v) is 9.88. The number of ether oxygens (including phenoxy) is 3. The van der Waals surface area contributed by atoms with Crippen molar-refractivity contribution in [1.29, 1.82) is 0 Å². The highest BCUT2D eigenvalue weighted by Crippen LogP contribution is 2.28. The molecule has 0 unspecified atom stereocenters. The zero-order valence-electron chi connectivity index (χ0n) is 17.3. The second-order valence-corrected chi connectivity index (χ2v) is 6.57. The first kappa shape index (κ1) is 22.3. The topological polar surface area (TPSA) is 73.9 Å². The van der Waals surface area contributed by atoms with Crippen molar-refractivity contribution in [3.05, 3.63) is 59.2 Å². The highest BCUT2D eigenvalue weighted by atomic mass is 16.5.